The second-order valence-electron chi connectivity index (χ2n) is 6.39. The van der Waals surface area contributed by atoms with E-state index >= 15 is 0 Å². The van der Waals surface area contributed by atoms with Crippen molar-refractivity contribution in [1.82, 2.24) is 9.55 Å². The molecule has 2 heterocycles. The van der Waals surface area contributed by atoms with Gasteiger partial charge < -0.3 is 0 Å². The van der Waals surface area contributed by atoms with Crippen molar-refractivity contribution in [1.29, 1.82) is 10.5 Å². The molecule has 0 saturated heterocycles. The SMILES string of the molecule is Cc1c(-c2cccnc2)n(C(=O)c2cccc(C#N)c2)c2ccc(C#N)cc12. The molecule has 0 N–H and O–H groups in total. The summed E-state index contributed by atoms with van der Waals surface area (Å²) in [5.41, 5.74) is 4.52. The molecule has 5 heteroatoms. The van der Waals surface area contributed by atoms with Gasteiger partial charge in [0, 0.05) is 28.9 Å². The molecular weight excluding hydrogens is 348 g/mol. The minimum atomic E-state index is -0.237. The van der Waals surface area contributed by atoms with Gasteiger partial charge in [0.1, 0.15) is 0 Å². The Kier molecular flexibility index (Phi) is 4.20. The van der Waals surface area contributed by atoms with E-state index in [1.807, 2.05) is 19.1 Å². The lowest BCUT2D eigenvalue weighted by atomic mass is 10.1. The van der Waals surface area contributed by atoms with Crippen molar-refractivity contribution in [3.8, 4) is 23.4 Å². The fourth-order valence-electron chi connectivity index (χ4n) is 3.43. The van der Waals surface area contributed by atoms with Crippen LogP contribution in [0.5, 0.6) is 0 Å². The number of hydrogen-bond donors (Lipinski definition) is 0. The van der Waals surface area contributed by atoms with Gasteiger partial charge in [-0.05, 0) is 61.0 Å². The Balaban J connectivity index is 2.05. The molecule has 0 spiro atoms. The van der Waals surface area contributed by atoms with Crippen LogP contribution in [0, 0.1) is 29.6 Å². The molecule has 0 aliphatic rings. The Labute approximate surface area is 161 Å². The number of aryl methyl sites for hydroxylation is 1. The van der Waals surface area contributed by atoms with Crippen LogP contribution in [0.4, 0.5) is 0 Å². The van der Waals surface area contributed by atoms with E-state index in [0.717, 1.165) is 22.2 Å². The zero-order valence-electron chi connectivity index (χ0n) is 15.0. The Hall–Kier alpha value is -4.22. The molecule has 0 aliphatic heterocycles. The first-order valence-corrected chi connectivity index (χ1v) is 8.64. The molecule has 0 bridgehead atoms. The number of pyridine rings is 1. The van der Waals surface area contributed by atoms with Crippen LogP contribution in [0.15, 0.2) is 67.0 Å². The molecule has 0 unspecified atom stereocenters. The molecule has 4 rings (SSSR count). The summed E-state index contributed by atoms with van der Waals surface area (Å²) < 4.78 is 1.64. The predicted octanol–water partition coefficient (Wildman–Crippen LogP) is 4.44. The van der Waals surface area contributed by atoms with Crippen molar-refractivity contribution in [2.75, 3.05) is 0 Å². The average molecular weight is 362 g/mol. The van der Waals surface area contributed by atoms with Crippen LogP contribution in [-0.2, 0) is 0 Å². The average Bonchev–Trinajstić information content (AvgIpc) is 3.05. The maximum atomic E-state index is 13.5. The van der Waals surface area contributed by atoms with Crippen LogP contribution in [0.2, 0.25) is 0 Å². The van der Waals surface area contributed by atoms with Gasteiger partial charge in [0.15, 0.2) is 0 Å². The van der Waals surface area contributed by atoms with E-state index in [2.05, 4.69) is 17.1 Å². The third-order valence-corrected chi connectivity index (χ3v) is 4.73. The van der Waals surface area contributed by atoms with Crippen LogP contribution in [0.3, 0.4) is 0 Å². The highest BCUT2D eigenvalue weighted by Gasteiger charge is 2.22. The van der Waals surface area contributed by atoms with Gasteiger partial charge in [-0.2, -0.15) is 10.5 Å². The van der Waals surface area contributed by atoms with Crippen molar-refractivity contribution < 1.29 is 4.79 Å². The van der Waals surface area contributed by atoms with Gasteiger partial charge in [0.05, 0.1) is 34.5 Å². The van der Waals surface area contributed by atoms with E-state index < -0.39 is 0 Å². The molecule has 0 atom stereocenters. The fraction of sp³-hybridized carbons (Fsp3) is 0.0435. The first-order chi connectivity index (χ1) is 13.6. The topological polar surface area (TPSA) is 82.5 Å². The van der Waals surface area contributed by atoms with Crippen LogP contribution in [-0.4, -0.2) is 15.5 Å². The lowest BCUT2D eigenvalue weighted by Gasteiger charge is -2.11. The zero-order valence-corrected chi connectivity index (χ0v) is 15.0. The first-order valence-electron chi connectivity index (χ1n) is 8.64. The number of aromatic nitrogens is 2. The number of carbonyl (C=O) groups excluding carboxylic acids is 1. The summed E-state index contributed by atoms with van der Waals surface area (Å²) in [6.45, 7) is 1.93. The lowest BCUT2D eigenvalue weighted by Crippen LogP contribution is -2.13. The molecule has 28 heavy (non-hydrogen) atoms. The molecule has 0 fully saturated rings. The molecule has 2 aromatic carbocycles. The Bertz CT molecular complexity index is 1300. The van der Waals surface area contributed by atoms with Gasteiger partial charge in [0.2, 0.25) is 0 Å². The van der Waals surface area contributed by atoms with Crippen molar-refractivity contribution in [3.05, 3.63) is 89.2 Å². The first kappa shape index (κ1) is 17.2. The molecule has 0 saturated carbocycles. The molecule has 5 nitrogen and oxygen atoms in total. The Morgan fingerprint density at radius 2 is 1.79 bits per heavy atom. The van der Waals surface area contributed by atoms with Gasteiger partial charge in [-0.1, -0.05) is 6.07 Å². The van der Waals surface area contributed by atoms with Gasteiger partial charge in [-0.15, -0.1) is 0 Å². The molecule has 0 amide bonds. The third-order valence-electron chi connectivity index (χ3n) is 4.73. The van der Waals surface area contributed by atoms with E-state index in [1.165, 1.54) is 0 Å². The van der Waals surface area contributed by atoms with Gasteiger partial charge in [0.25, 0.3) is 5.91 Å². The van der Waals surface area contributed by atoms with Crippen molar-refractivity contribution in [3.63, 3.8) is 0 Å². The van der Waals surface area contributed by atoms with Gasteiger partial charge in [-0.3, -0.25) is 14.3 Å². The van der Waals surface area contributed by atoms with Crippen molar-refractivity contribution in [2.24, 2.45) is 0 Å². The van der Waals surface area contributed by atoms with Crippen LogP contribution in [0.25, 0.3) is 22.2 Å². The summed E-state index contributed by atoms with van der Waals surface area (Å²) >= 11 is 0. The molecule has 132 valence electrons. The largest absolute Gasteiger partial charge is 0.275 e. The summed E-state index contributed by atoms with van der Waals surface area (Å²) in [6.07, 6.45) is 3.39. The van der Waals surface area contributed by atoms with Crippen molar-refractivity contribution >= 4 is 16.8 Å². The number of fused-ring (bicyclic) bond motifs is 1. The van der Waals surface area contributed by atoms with E-state index in [4.69, 9.17) is 0 Å². The van der Waals surface area contributed by atoms with E-state index in [1.54, 1.807) is 59.4 Å². The van der Waals surface area contributed by atoms with Crippen LogP contribution >= 0.6 is 0 Å². The van der Waals surface area contributed by atoms with Crippen LogP contribution in [0.1, 0.15) is 27.0 Å². The highest BCUT2D eigenvalue weighted by atomic mass is 16.2. The van der Waals surface area contributed by atoms with Gasteiger partial charge >= 0.3 is 0 Å². The normalized spacial score (nSPS) is 10.4. The second kappa shape index (κ2) is 6.83. The lowest BCUT2D eigenvalue weighted by molar-refractivity contribution is 0.0966. The molecule has 0 radical (unpaired) electrons. The predicted molar refractivity (Wildman–Crippen MR) is 106 cm³/mol. The quantitative estimate of drug-likeness (QED) is 0.528. The molecule has 0 aliphatic carbocycles. The molecule has 2 aromatic heterocycles. The minimum Gasteiger partial charge on any atom is -0.275 e. The number of rotatable bonds is 2. The number of hydrogen-bond acceptors (Lipinski definition) is 4. The number of carbonyl (C=O) groups is 1. The highest BCUT2D eigenvalue weighted by Crippen LogP contribution is 2.34. The minimum absolute atomic E-state index is 0.237. The van der Waals surface area contributed by atoms with E-state index in [-0.39, 0.29) is 5.91 Å². The van der Waals surface area contributed by atoms with Gasteiger partial charge in [-0.25, -0.2) is 0 Å². The number of benzene rings is 2. The number of nitriles is 2. The third kappa shape index (κ3) is 2.72. The number of nitrogens with zero attached hydrogens (tertiary/aromatic N) is 4. The zero-order chi connectivity index (χ0) is 19.7. The second-order valence-corrected chi connectivity index (χ2v) is 6.39. The summed E-state index contributed by atoms with van der Waals surface area (Å²) in [4.78, 5) is 17.6. The van der Waals surface area contributed by atoms with E-state index in [9.17, 15) is 15.3 Å². The standard InChI is InChI=1S/C23H14N4O/c1-15-20-11-17(13-25)7-8-21(20)27(22(15)19-6-3-9-26-14-19)23(28)18-5-2-4-16(10-18)12-24/h2-11,14H,1H3. The van der Waals surface area contributed by atoms with E-state index in [0.29, 0.717) is 22.2 Å². The molecule has 4 aromatic rings. The van der Waals surface area contributed by atoms with Crippen molar-refractivity contribution in [2.45, 2.75) is 6.92 Å². The van der Waals surface area contributed by atoms with Crippen LogP contribution < -0.4 is 0 Å². The molecular formula is C23H14N4O. The highest BCUT2D eigenvalue weighted by molar-refractivity contribution is 6.07. The summed E-state index contributed by atoms with van der Waals surface area (Å²) in [7, 11) is 0. The summed E-state index contributed by atoms with van der Waals surface area (Å²) in [5.74, 6) is -0.237. The smallest absolute Gasteiger partial charge is 0.262 e. The Morgan fingerprint density at radius 3 is 2.50 bits per heavy atom. The fourth-order valence-corrected chi connectivity index (χ4v) is 3.43. The maximum absolute atomic E-state index is 13.5. The Morgan fingerprint density at radius 1 is 1.00 bits per heavy atom. The maximum Gasteiger partial charge on any atom is 0.262 e. The summed E-state index contributed by atoms with van der Waals surface area (Å²) in [5, 5.41) is 19.3. The summed E-state index contributed by atoms with van der Waals surface area (Å²) in [6, 6.07) is 19.8. The monoisotopic (exact) mass is 362 g/mol.